The zero-order valence-corrected chi connectivity index (χ0v) is 12.0. The largest absolute Gasteiger partial charge is 0.372 e. The lowest BCUT2D eigenvalue weighted by Crippen LogP contribution is -2.35. The van der Waals surface area contributed by atoms with Crippen molar-refractivity contribution in [2.24, 2.45) is 5.73 Å². The molecule has 0 saturated heterocycles. The predicted molar refractivity (Wildman–Crippen MR) is 73.7 cm³/mol. The average molecular weight is 316 g/mol. The maximum Gasteiger partial charge on any atom is 0.128 e. The third-order valence-corrected chi connectivity index (χ3v) is 3.96. The Kier molecular flexibility index (Phi) is 5.15. The quantitative estimate of drug-likeness (QED) is 0.862. The van der Waals surface area contributed by atoms with Gasteiger partial charge in [-0.3, -0.25) is 0 Å². The van der Waals surface area contributed by atoms with E-state index in [2.05, 4.69) is 15.9 Å². The second kappa shape index (κ2) is 6.64. The molecular weight excluding hydrogens is 297 g/mol. The monoisotopic (exact) mass is 315 g/mol. The minimum atomic E-state index is -0.222. The number of nitrogens with two attached hydrogens (primary N) is 1. The Labute approximate surface area is 116 Å². The van der Waals surface area contributed by atoms with Gasteiger partial charge < -0.3 is 10.5 Å². The van der Waals surface area contributed by atoms with E-state index in [1.165, 1.54) is 18.9 Å². The van der Waals surface area contributed by atoms with E-state index in [1.54, 1.807) is 12.1 Å². The van der Waals surface area contributed by atoms with E-state index in [9.17, 15) is 4.39 Å². The Bertz CT molecular complexity index is 399. The van der Waals surface area contributed by atoms with Gasteiger partial charge in [0.05, 0.1) is 12.7 Å². The van der Waals surface area contributed by atoms with Crippen LogP contribution in [0, 0.1) is 5.82 Å². The number of rotatable bonds is 3. The molecule has 0 bridgehead atoms. The molecule has 18 heavy (non-hydrogen) atoms. The molecular formula is C14H19BrFNO. The molecule has 1 aliphatic rings. The third-order valence-electron chi connectivity index (χ3n) is 3.46. The van der Waals surface area contributed by atoms with Crippen LogP contribution in [0.2, 0.25) is 0 Å². The maximum atomic E-state index is 13.6. The van der Waals surface area contributed by atoms with Crippen molar-refractivity contribution in [2.75, 3.05) is 0 Å². The summed E-state index contributed by atoms with van der Waals surface area (Å²) in [5.74, 6) is -0.222. The first-order chi connectivity index (χ1) is 8.66. The first-order valence-electron chi connectivity index (χ1n) is 6.48. The summed E-state index contributed by atoms with van der Waals surface area (Å²) in [6.07, 6.45) is 5.60. The summed E-state index contributed by atoms with van der Waals surface area (Å²) in [4.78, 5) is 0. The molecule has 2 rings (SSSR count). The highest BCUT2D eigenvalue weighted by atomic mass is 79.9. The third kappa shape index (κ3) is 3.77. The predicted octanol–water partition coefficient (Wildman–Crippen LogP) is 3.76. The van der Waals surface area contributed by atoms with E-state index in [-0.39, 0.29) is 18.0 Å². The van der Waals surface area contributed by atoms with Crippen LogP contribution >= 0.6 is 15.9 Å². The van der Waals surface area contributed by atoms with Gasteiger partial charge in [-0.2, -0.15) is 0 Å². The average Bonchev–Trinajstić information content (AvgIpc) is 2.55. The van der Waals surface area contributed by atoms with E-state index in [4.69, 9.17) is 10.5 Å². The van der Waals surface area contributed by atoms with Crippen molar-refractivity contribution in [1.29, 1.82) is 0 Å². The van der Waals surface area contributed by atoms with Crippen LogP contribution in [0.4, 0.5) is 4.39 Å². The van der Waals surface area contributed by atoms with Crippen molar-refractivity contribution in [3.63, 3.8) is 0 Å². The van der Waals surface area contributed by atoms with E-state index in [0.717, 1.165) is 23.7 Å². The molecule has 0 aliphatic heterocycles. The molecule has 0 amide bonds. The van der Waals surface area contributed by atoms with Gasteiger partial charge in [0.1, 0.15) is 5.82 Å². The second-order valence-electron chi connectivity index (χ2n) is 4.89. The standard InChI is InChI=1S/C14H19BrFNO/c15-11-6-7-12(16)10(8-11)9-18-14-5-3-1-2-4-13(14)17/h6-8,13-14H,1-5,9,17H2. The minimum absolute atomic E-state index is 0.0610. The molecule has 1 saturated carbocycles. The summed E-state index contributed by atoms with van der Waals surface area (Å²) < 4.78 is 20.2. The van der Waals surface area contributed by atoms with Crippen LogP contribution in [0.3, 0.4) is 0 Å². The second-order valence-corrected chi connectivity index (χ2v) is 5.80. The first-order valence-corrected chi connectivity index (χ1v) is 7.27. The summed E-state index contributed by atoms with van der Waals surface area (Å²) in [5.41, 5.74) is 6.67. The van der Waals surface area contributed by atoms with E-state index in [1.807, 2.05) is 0 Å². The Morgan fingerprint density at radius 1 is 1.28 bits per heavy atom. The summed E-state index contributed by atoms with van der Waals surface area (Å²) in [6, 6.07) is 4.99. The molecule has 2 unspecified atom stereocenters. The molecule has 1 aromatic rings. The van der Waals surface area contributed by atoms with Gasteiger partial charge >= 0.3 is 0 Å². The molecule has 0 radical (unpaired) electrons. The Balaban J connectivity index is 1.95. The first kappa shape index (κ1) is 14.0. The Morgan fingerprint density at radius 2 is 2.06 bits per heavy atom. The van der Waals surface area contributed by atoms with Gasteiger partial charge in [0, 0.05) is 16.1 Å². The highest BCUT2D eigenvalue weighted by molar-refractivity contribution is 9.10. The molecule has 2 atom stereocenters. The molecule has 4 heteroatoms. The Morgan fingerprint density at radius 3 is 2.89 bits per heavy atom. The molecule has 0 aromatic heterocycles. The van der Waals surface area contributed by atoms with Crippen LogP contribution in [-0.2, 0) is 11.3 Å². The van der Waals surface area contributed by atoms with Crippen molar-refractivity contribution in [2.45, 2.75) is 50.9 Å². The molecule has 2 nitrogen and oxygen atoms in total. The molecule has 0 heterocycles. The summed E-state index contributed by atoms with van der Waals surface area (Å²) in [6.45, 7) is 0.295. The Hall–Kier alpha value is -0.450. The molecule has 1 aromatic carbocycles. The number of hydrogen-bond donors (Lipinski definition) is 1. The SMILES string of the molecule is NC1CCCCCC1OCc1cc(Br)ccc1F. The van der Waals surface area contributed by atoms with E-state index in [0.29, 0.717) is 12.2 Å². The normalized spacial score (nSPS) is 24.8. The topological polar surface area (TPSA) is 35.2 Å². The highest BCUT2D eigenvalue weighted by Crippen LogP contribution is 2.22. The molecule has 2 N–H and O–H groups in total. The van der Waals surface area contributed by atoms with Gasteiger partial charge in [-0.1, -0.05) is 35.2 Å². The molecule has 0 spiro atoms. The fourth-order valence-electron chi connectivity index (χ4n) is 2.36. The van der Waals surface area contributed by atoms with Crippen LogP contribution in [-0.4, -0.2) is 12.1 Å². The van der Waals surface area contributed by atoms with Crippen LogP contribution in [0.5, 0.6) is 0 Å². The van der Waals surface area contributed by atoms with Crippen LogP contribution in [0.15, 0.2) is 22.7 Å². The molecule has 1 fully saturated rings. The highest BCUT2D eigenvalue weighted by Gasteiger charge is 2.21. The lowest BCUT2D eigenvalue weighted by atomic mass is 10.1. The zero-order chi connectivity index (χ0) is 13.0. The van der Waals surface area contributed by atoms with E-state index >= 15 is 0 Å². The number of halogens is 2. The fourth-order valence-corrected chi connectivity index (χ4v) is 2.77. The number of ether oxygens (including phenoxy) is 1. The summed E-state index contributed by atoms with van der Waals surface area (Å²) >= 11 is 3.34. The lowest BCUT2D eigenvalue weighted by molar-refractivity contribution is 0.0181. The van der Waals surface area contributed by atoms with Crippen molar-refractivity contribution >= 4 is 15.9 Å². The van der Waals surface area contributed by atoms with Gasteiger partial charge in [0.25, 0.3) is 0 Å². The van der Waals surface area contributed by atoms with Crippen molar-refractivity contribution < 1.29 is 9.13 Å². The van der Waals surface area contributed by atoms with E-state index < -0.39 is 0 Å². The fraction of sp³-hybridized carbons (Fsp3) is 0.571. The maximum absolute atomic E-state index is 13.6. The van der Waals surface area contributed by atoms with Crippen molar-refractivity contribution in [1.82, 2.24) is 0 Å². The number of benzene rings is 1. The van der Waals surface area contributed by atoms with Gasteiger partial charge in [-0.05, 0) is 31.0 Å². The van der Waals surface area contributed by atoms with Gasteiger partial charge in [-0.25, -0.2) is 4.39 Å². The summed E-state index contributed by atoms with van der Waals surface area (Å²) in [7, 11) is 0. The lowest BCUT2D eigenvalue weighted by Gasteiger charge is -2.22. The van der Waals surface area contributed by atoms with Gasteiger partial charge in [0.15, 0.2) is 0 Å². The van der Waals surface area contributed by atoms with Crippen LogP contribution in [0.1, 0.15) is 37.7 Å². The summed E-state index contributed by atoms with van der Waals surface area (Å²) in [5, 5.41) is 0. The zero-order valence-electron chi connectivity index (χ0n) is 10.4. The van der Waals surface area contributed by atoms with Crippen LogP contribution < -0.4 is 5.73 Å². The van der Waals surface area contributed by atoms with Crippen molar-refractivity contribution in [3.05, 3.63) is 34.1 Å². The van der Waals surface area contributed by atoms with Crippen LogP contribution in [0.25, 0.3) is 0 Å². The molecule has 100 valence electrons. The minimum Gasteiger partial charge on any atom is -0.372 e. The van der Waals surface area contributed by atoms with Crippen molar-refractivity contribution in [3.8, 4) is 0 Å². The smallest absolute Gasteiger partial charge is 0.128 e. The molecule has 1 aliphatic carbocycles. The number of hydrogen-bond acceptors (Lipinski definition) is 2. The van der Waals surface area contributed by atoms with Gasteiger partial charge in [0.2, 0.25) is 0 Å². The van der Waals surface area contributed by atoms with Gasteiger partial charge in [-0.15, -0.1) is 0 Å².